The molecule has 0 unspecified atom stereocenters. The molecular formula is C25H18BrClN2O3. The van der Waals surface area contributed by atoms with Crippen LogP contribution in [0.2, 0.25) is 5.02 Å². The lowest BCUT2D eigenvalue weighted by molar-refractivity contribution is -0.119. The molecule has 160 valence electrons. The Hall–Kier alpha value is -3.22. The summed E-state index contributed by atoms with van der Waals surface area (Å²) in [7, 11) is 0. The summed E-state index contributed by atoms with van der Waals surface area (Å²) < 4.78 is 6.07. The lowest BCUT2D eigenvalue weighted by Crippen LogP contribution is -2.21. The molecule has 0 aliphatic carbocycles. The van der Waals surface area contributed by atoms with Crippen molar-refractivity contribution in [3.05, 3.63) is 93.4 Å². The molecule has 0 spiro atoms. The average molecular weight is 510 g/mol. The topological polar surface area (TPSA) is 68.3 Å². The molecule has 0 aliphatic rings. The monoisotopic (exact) mass is 508 g/mol. The van der Waals surface area contributed by atoms with Gasteiger partial charge in [0, 0.05) is 21.1 Å². The molecule has 4 aromatic rings. The zero-order valence-electron chi connectivity index (χ0n) is 17.1. The summed E-state index contributed by atoms with van der Waals surface area (Å²) in [6.45, 7) is 1.37. The lowest BCUT2D eigenvalue weighted by Gasteiger charge is -2.12. The predicted octanol–water partition coefficient (Wildman–Crippen LogP) is 6.42. The van der Waals surface area contributed by atoms with Crippen molar-refractivity contribution in [2.45, 2.75) is 6.92 Å². The third kappa shape index (κ3) is 4.66. The number of pyridine rings is 1. The first kappa shape index (κ1) is 22.0. The van der Waals surface area contributed by atoms with E-state index in [2.05, 4.69) is 26.2 Å². The van der Waals surface area contributed by atoms with Crippen LogP contribution in [0.5, 0.6) is 0 Å². The number of halogens is 2. The van der Waals surface area contributed by atoms with Gasteiger partial charge in [0.15, 0.2) is 6.61 Å². The Balaban J connectivity index is 1.55. The van der Waals surface area contributed by atoms with Crippen LogP contribution in [0.15, 0.2) is 77.3 Å². The number of esters is 1. The molecule has 1 N–H and O–H groups in total. The van der Waals surface area contributed by atoms with E-state index in [0.29, 0.717) is 38.4 Å². The molecule has 1 amide bonds. The highest BCUT2D eigenvalue weighted by molar-refractivity contribution is 9.10. The van der Waals surface area contributed by atoms with E-state index in [1.807, 2.05) is 48.5 Å². The minimum atomic E-state index is -0.596. The van der Waals surface area contributed by atoms with Gasteiger partial charge in [-0.2, -0.15) is 0 Å². The zero-order chi connectivity index (χ0) is 22.7. The number of hydrogen-bond acceptors (Lipinski definition) is 4. The number of nitrogens with one attached hydrogen (secondary N) is 1. The van der Waals surface area contributed by atoms with E-state index in [1.165, 1.54) is 0 Å². The first-order valence-electron chi connectivity index (χ1n) is 9.81. The van der Waals surface area contributed by atoms with Crippen molar-refractivity contribution in [2.75, 3.05) is 11.9 Å². The van der Waals surface area contributed by atoms with Gasteiger partial charge in [0.25, 0.3) is 5.91 Å². The molecule has 1 aromatic heterocycles. The molecule has 0 atom stereocenters. The Labute approximate surface area is 198 Å². The van der Waals surface area contributed by atoms with Gasteiger partial charge in [0.2, 0.25) is 0 Å². The number of aromatic nitrogens is 1. The van der Waals surface area contributed by atoms with Crippen LogP contribution in [0.4, 0.5) is 5.69 Å². The highest BCUT2D eigenvalue weighted by Gasteiger charge is 2.17. The molecule has 0 bridgehead atoms. The Morgan fingerprint density at radius 3 is 2.53 bits per heavy atom. The van der Waals surface area contributed by atoms with E-state index in [1.54, 1.807) is 31.2 Å². The fourth-order valence-electron chi connectivity index (χ4n) is 3.28. The number of para-hydroxylation sites is 1. The largest absolute Gasteiger partial charge is 0.452 e. The maximum absolute atomic E-state index is 12.9. The maximum Gasteiger partial charge on any atom is 0.339 e. The molecule has 5 nitrogen and oxygen atoms in total. The Morgan fingerprint density at radius 1 is 1.03 bits per heavy atom. The van der Waals surface area contributed by atoms with Crippen LogP contribution in [0.25, 0.3) is 22.2 Å². The van der Waals surface area contributed by atoms with Gasteiger partial charge in [-0.1, -0.05) is 60.1 Å². The summed E-state index contributed by atoms with van der Waals surface area (Å²) in [4.78, 5) is 30.0. The molecule has 0 radical (unpaired) electrons. The van der Waals surface area contributed by atoms with Crippen molar-refractivity contribution in [2.24, 2.45) is 0 Å². The number of fused-ring (bicyclic) bond motifs is 1. The summed E-state index contributed by atoms with van der Waals surface area (Å²) in [6.07, 6.45) is 0. The Morgan fingerprint density at radius 2 is 1.75 bits per heavy atom. The number of carbonyl (C=O) groups excluding carboxylic acids is 2. The van der Waals surface area contributed by atoms with Crippen LogP contribution in [0, 0.1) is 6.92 Å². The minimum Gasteiger partial charge on any atom is -0.452 e. The van der Waals surface area contributed by atoms with Crippen molar-refractivity contribution in [3.8, 4) is 11.3 Å². The van der Waals surface area contributed by atoms with Crippen molar-refractivity contribution >= 4 is 56.0 Å². The van der Waals surface area contributed by atoms with Gasteiger partial charge in [-0.15, -0.1) is 0 Å². The van der Waals surface area contributed by atoms with Crippen LogP contribution in [0.3, 0.4) is 0 Å². The van der Waals surface area contributed by atoms with Gasteiger partial charge in [0.05, 0.1) is 21.8 Å². The van der Waals surface area contributed by atoms with Gasteiger partial charge in [-0.05, 0) is 52.7 Å². The zero-order valence-corrected chi connectivity index (χ0v) is 19.4. The summed E-state index contributed by atoms with van der Waals surface area (Å²) >= 11 is 9.55. The van der Waals surface area contributed by atoms with Crippen LogP contribution >= 0.6 is 27.5 Å². The molecule has 0 fully saturated rings. The van der Waals surface area contributed by atoms with Crippen LogP contribution in [0.1, 0.15) is 15.9 Å². The quantitative estimate of drug-likeness (QED) is 0.315. The summed E-state index contributed by atoms with van der Waals surface area (Å²) in [5.74, 6) is -1.05. The number of hydrogen-bond donors (Lipinski definition) is 1. The summed E-state index contributed by atoms with van der Waals surface area (Å²) in [5, 5.41) is 3.90. The van der Waals surface area contributed by atoms with Gasteiger partial charge < -0.3 is 10.1 Å². The number of carbonyl (C=O) groups is 2. The van der Waals surface area contributed by atoms with Crippen LogP contribution in [-0.4, -0.2) is 23.5 Å². The third-order valence-electron chi connectivity index (χ3n) is 4.95. The Bertz CT molecular complexity index is 1330. The van der Waals surface area contributed by atoms with Gasteiger partial charge in [-0.3, -0.25) is 4.79 Å². The highest BCUT2D eigenvalue weighted by Crippen LogP contribution is 2.31. The number of anilines is 1. The first-order valence-corrected chi connectivity index (χ1v) is 11.0. The van der Waals surface area contributed by atoms with Gasteiger partial charge in [-0.25, -0.2) is 9.78 Å². The standard InChI is InChI=1S/C25H18BrClN2O3/c1-15-20(12-11-19(26)24(15)27)29-23(30)14-32-25(31)18-13-22(16-7-3-2-4-8-16)28-21-10-6-5-9-17(18)21/h2-13H,14H2,1H3,(H,29,30). The number of ether oxygens (including phenoxy) is 1. The highest BCUT2D eigenvalue weighted by atomic mass is 79.9. The van der Waals surface area contributed by atoms with Crippen molar-refractivity contribution in [1.82, 2.24) is 4.98 Å². The summed E-state index contributed by atoms with van der Waals surface area (Å²) in [6, 6.07) is 22.1. The number of amides is 1. The van der Waals surface area contributed by atoms with Gasteiger partial charge >= 0.3 is 5.97 Å². The number of rotatable bonds is 5. The maximum atomic E-state index is 12.9. The van der Waals surface area contributed by atoms with E-state index in [0.717, 1.165) is 10.0 Å². The molecule has 32 heavy (non-hydrogen) atoms. The molecule has 3 aromatic carbocycles. The molecule has 0 saturated carbocycles. The average Bonchev–Trinajstić information content (AvgIpc) is 2.82. The second-order valence-corrected chi connectivity index (χ2v) is 8.33. The molecule has 0 saturated heterocycles. The smallest absolute Gasteiger partial charge is 0.339 e. The van der Waals surface area contributed by atoms with Crippen molar-refractivity contribution in [3.63, 3.8) is 0 Å². The van der Waals surface area contributed by atoms with Crippen LogP contribution < -0.4 is 5.32 Å². The fraction of sp³-hybridized carbons (Fsp3) is 0.0800. The van der Waals surface area contributed by atoms with Crippen LogP contribution in [-0.2, 0) is 9.53 Å². The third-order valence-corrected chi connectivity index (χ3v) is 6.33. The SMILES string of the molecule is Cc1c(NC(=O)COC(=O)c2cc(-c3ccccc3)nc3ccccc23)ccc(Br)c1Cl. The molecular weight excluding hydrogens is 492 g/mol. The summed E-state index contributed by atoms with van der Waals surface area (Å²) in [5.41, 5.74) is 3.83. The van der Waals surface area contributed by atoms with Crippen molar-refractivity contribution in [1.29, 1.82) is 0 Å². The van der Waals surface area contributed by atoms with E-state index in [9.17, 15) is 9.59 Å². The van der Waals surface area contributed by atoms with E-state index >= 15 is 0 Å². The van der Waals surface area contributed by atoms with E-state index in [-0.39, 0.29) is 0 Å². The molecule has 0 aliphatic heterocycles. The molecule has 1 heterocycles. The van der Waals surface area contributed by atoms with E-state index < -0.39 is 18.5 Å². The van der Waals surface area contributed by atoms with E-state index in [4.69, 9.17) is 16.3 Å². The lowest BCUT2D eigenvalue weighted by atomic mass is 10.0. The first-order chi connectivity index (χ1) is 15.4. The predicted molar refractivity (Wildman–Crippen MR) is 130 cm³/mol. The van der Waals surface area contributed by atoms with Gasteiger partial charge in [0.1, 0.15) is 0 Å². The van der Waals surface area contributed by atoms with Crippen molar-refractivity contribution < 1.29 is 14.3 Å². The fourth-order valence-corrected chi connectivity index (χ4v) is 3.88. The normalized spacial score (nSPS) is 10.7. The minimum absolute atomic E-state index is 0.352. The molecule has 7 heteroatoms. The Kier molecular flexibility index (Phi) is 6.53. The second-order valence-electron chi connectivity index (χ2n) is 7.10. The molecule has 4 rings (SSSR count). The number of nitrogens with zero attached hydrogens (tertiary/aromatic N) is 1. The second kappa shape index (κ2) is 9.51. The number of benzene rings is 3.